The van der Waals surface area contributed by atoms with Crippen LogP contribution in [0.3, 0.4) is 0 Å². The Morgan fingerprint density at radius 2 is 2.17 bits per heavy atom. The van der Waals surface area contributed by atoms with Gasteiger partial charge in [-0.05, 0) is 23.8 Å². The fraction of sp³-hybridized carbons (Fsp3) is 0.167. The molecular formula is C12H9F3N2O. The summed E-state index contributed by atoms with van der Waals surface area (Å²) in [5.74, 6) is -0.838. The Labute approximate surface area is 102 Å². The summed E-state index contributed by atoms with van der Waals surface area (Å²) in [4.78, 5) is 11.1. The summed E-state index contributed by atoms with van der Waals surface area (Å²) >= 11 is 0. The molecule has 0 fully saturated rings. The van der Waals surface area contributed by atoms with Crippen LogP contribution in [-0.4, -0.2) is 18.6 Å². The van der Waals surface area contributed by atoms with E-state index in [0.717, 1.165) is 6.08 Å². The number of hydrogen-bond donors (Lipinski definition) is 1. The molecule has 0 aliphatic heterocycles. The van der Waals surface area contributed by atoms with E-state index in [2.05, 4.69) is 0 Å². The highest BCUT2D eigenvalue weighted by atomic mass is 19.4. The maximum Gasteiger partial charge on any atom is 0.405 e. The Hall–Kier alpha value is -2.29. The summed E-state index contributed by atoms with van der Waals surface area (Å²) in [7, 11) is 0. The van der Waals surface area contributed by atoms with Crippen LogP contribution >= 0.6 is 0 Å². The van der Waals surface area contributed by atoms with E-state index in [1.165, 1.54) is 12.1 Å². The second-order valence-electron chi connectivity index (χ2n) is 3.40. The maximum atomic E-state index is 11.8. The molecule has 0 heterocycles. The number of alkyl halides is 3. The molecule has 0 aliphatic carbocycles. The number of nitriles is 1. The first-order valence-electron chi connectivity index (χ1n) is 4.93. The van der Waals surface area contributed by atoms with Crippen LogP contribution in [0.5, 0.6) is 0 Å². The van der Waals surface area contributed by atoms with Gasteiger partial charge in [0, 0.05) is 6.08 Å². The first-order valence-corrected chi connectivity index (χ1v) is 4.93. The van der Waals surface area contributed by atoms with Gasteiger partial charge in [-0.25, -0.2) is 0 Å². The van der Waals surface area contributed by atoms with Crippen molar-refractivity contribution in [3.05, 3.63) is 41.5 Å². The molecule has 1 rings (SSSR count). The zero-order chi connectivity index (χ0) is 13.6. The normalized spacial score (nSPS) is 11.2. The van der Waals surface area contributed by atoms with Crippen LogP contribution < -0.4 is 5.32 Å². The molecule has 3 nitrogen and oxygen atoms in total. The molecule has 0 aliphatic rings. The molecule has 1 amide bonds. The minimum absolute atomic E-state index is 0.410. The molecule has 1 aromatic rings. The number of hydrogen-bond acceptors (Lipinski definition) is 2. The molecule has 0 aromatic heterocycles. The van der Waals surface area contributed by atoms with E-state index in [0.29, 0.717) is 11.1 Å². The van der Waals surface area contributed by atoms with E-state index >= 15 is 0 Å². The Balaban J connectivity index is 2.58. The van der Waals surface area contributed by atoms with Gasteiger partial charge in [0.1, 0.15) is 6.54 Å². The molecule has 0 spiro atoms. The second kappa shape index (κ2) is 5.87. The quantitative estimate of drug-likeness (QED) is 0.841. The fourth-order valence-corrected chi connectivity index (χ4v) is 1.13. The van der Waals surface area contributed by atoms with Gasteiger partial charge in [0.15, 0.2) is 0 Å². The third-order valence-electron chi connectivity index (χ3n) is 1.91. The minimum atomic E-state index is -4.43. The molecule has 6 heteroatoms. The molecule has 0 saturated carbocycles. The van der Waals surface area contributed by atoms with Gasteiger partial charge in [0.25, 0.3) is 0 Å². The van der Waals surface area contributed by atoms with Crippen LogP contribution in [0.1, 0.15) is 11.1 Å². The van der Waals surface area contributed by atoms with Crippen molar-refractivity contribution in [2.75, 3.05) is 6.54 Å². The van der Waals surface area contributed by atoms with Crippen LogP contribution in [0.4, 0.5) is 13.2 Å². The summed E-state index contributed by atoms with van der Waals surface area (Å²) in [6.07, 6.45) is -2.10. The summed E-state index contributed by atoms with van der Waals surface area (Å²) in [5, 5.41) is 10.3. The summed E-state index contributed by atoms with van der Waals surface area (Å²) < 4.78 is 35.4. The average molecular weight is 254 g/mol. The van der Waals surface area contributed by atoms with E-state index in [1.54, 1.807) is 23.5 Å². The monoisotopic (exact) mass is 254 g/mol. The van der Waals surface area contributed by atoms with Crippen molar-refractivity contribution >= 4 is 12.0 Å². The van der Waals surface area contributed by atoms with Crippen molar-refractivity contribution in [3.8, 4) is 6.07 Å². The highest BCUT2D eigenvalue weighted by Gasteiger charge is 2.27. The van der Waals surface area contributed by atoms with Crippen LogP contribution in [0.15, 0.2) is 30.3 Å². The van der Waals surface area contributed by atoms with Crippen molar-refractivity contribution in [1.82, 2.24) is 5.32 Å². The molecule has 0 atom stereocenters. The zero-order valence-corrected chi connectivity index (χ0v) is 9.16. The standard InChI is InChI=1S/C12H9F3N2O/c13-12(14,15)8-17-11(18)5-4-9-2-1-3-10(6-9)7-16/h1-6H,8H2,(H,17,18). The van der Waals surface area contributed by atoms with Gasteiger partial charge in [-0.1, -0.05) is 12.1 Å². The lowest BCUT2D eigenvalue weighted by Gasteiger charge is -2.05. The lowest BCUT2D eigenvalue weighted by molar-refractivity contribution is -0.135. The Morgan fingerprint density at radius 3 is 2.78 bits per heavy atom. The number of carbonyl (C=O) groups is 1. The van der Waals surface area contributed by atoms with Crippen LogP contribution in [0.2, 0.25) is 0 Å². The van der Waals surface area contributed by atoms with Crippen molar-refractivity contribution < 1.29 is 18.0 Å². The van der Waals surface area contributed by atoms with Gasteiger partial charge in [0.2, 0.25) is 5.91 Å². The lowest BCUT2D eigenvalue weighted by Crippen LogP contribution is -2.32. The number of benzene rings is 1. The third-order valence-corrected chi connectivity index (χ3v) is 1.91. The highest BCUT2D eigenvalue weighted by molar-refractivity contribution is 5.91. The smallest absolute Gasteiger partial charge is 0.343 e. The van der Waals surface area contributed by atoms with E-state index in [1.807, 2.05) is 6.07 Å². The molecular weight excluding hydrogens is 245 g/mol. The van der Waals surface area contributed by atoms with Gasteiger partial charge < -0.3 is 5.32 Å². The summed E-state index contributed by atoms with van der Waals surface area (Å²) in [6, 6.07) is 8.27. The Bertz CT molecular complexity index is 501. The van der Waals surface area contributed by atoms with Crippen molar-refractivity contribution in [2.24, 2.45) is 0 Å². The number of halogens is 3. The predicted molar refractivity (Wildman–Crippen MR) is 59.3 cm³/mol. The molecule has 0 saturated heterocycles. The maximum absolute atomic E-state index is 11.8. The lowest BCUT2D eigenvalue weighted by atomic mass is 10.1. The molecule has 1 aromatic carbocycles. The number of rotatable bonds is 3. The molecule has 18 heavy (non-hydrogen) atoms. The van der Waals surface area contributed by atoms with Crippen molar-refractivity contribution in [3.63, 3.8) is 0 Å². The SMILES string of the molecule is N#Cc1cccc(C=CC(=O)NCC(F)(F)F)c1. The summed E-state index contributed by atoms with van der Waals surface area (Å²) in [5.41, 5.74) is 0.976. The van der Waals surface area contributed by atoms with Crippen LogP contribution in [-0.2, 0) is 4.79 Å². The van der Waals surface area contributed by atoms with Gasteiger partial charge in [-0.15, -0.1) is 0 Å². The third kappa shape index (κ3) is 5.16. The predicted octanol–water partition coefficient (Wildman–Crippen LogP) is 2.25. The second-order valence-corrected chi connectivity index (χ2v) is 3.40. The van der Waals surface area contributed by atoms with E-state index in [-0.39, 0.29) is 0 Å². The number of carbonyl (C=O) groups excluding carboxylic acids is 1. The van der Waals surface area contributed by atoms with Gasteiger partial charge in [0.05, 0.1) is 11.6 Å². The molecule has 0 radical (unpaired) electrons. The first-order chi connectivity index (χ1) is 8.40. The zero-order valence-electron chi connectivity index (χ0n) is 9.16. The fourth-order valence-electron chi connectivity index (χ4n) is 1.13. The summed E-state index contributed by atoms with van der Waals surface area (Å²) in [6.45, 7) is -1.37. The van der Waals surface area contributed by atoms with Gasteiger partial charge >= 0.3 is 6.18 Å². The molecule has 94 valence electrons. The average Bonchev–Trinajstić information content (AvgIpc) is 2.33. The van der Waals surface area contributed by atoms with Crippen molar-refractivity contribution in [2.45, 2.75) is 6.18 Å². The highest BCUT2D eigenvalue weighted by Crippen LogP contribution is 2.12. The van der Waals surface area contributed by atoms with E-state index in [9.17, 15) is 18.0 Å². The topological polar surface area (TPSA) is 52.9 Å². The largest absolute Gasteiger partial charge is 0.405 e. The van der Waals surface area contributed by atoms with Gasteiger partial charge in [-0.2, -0.15) is 18.4 Å². The van der Waals surface area contributed by atoms with Crippen LogP contribution in [0.25, 0.3) is 6.08 Å². The molecule has 0 bridgehead atoms. The first kappa shape index (κ1) is 13.8. The van der Waals surface area contributed by atoms with Crippen LogP contribution in [0, 0.1) is 11.3 Å². The Kier molecular flexibility index (Phi) is 4.49. The molecule has 0 unspecified atom stereocenters. The van der Waals surface area contributed by atoms with Crippen molar-refractivity contribution in [1.29, 1.82) is 5.26 Å². The number of nitrogens with one attached hydrogen (secondary N) is 1. The van der Waals surface area contributed by atoms with E-state index in [4.69, 9.17) is 5.26 Å². The number of amides is 1. The minimum Gasteiger partial charge on any atom is -0.343 e. The number of nitrogens with zero attached hydrogens (tertiary/aromatic N) is 1. The Morgan fingerprint density at radius 1 is 1.44 bits per heavy atom. The van der Waals surface area contributed by atoms with E-state index < -0.39 is 18.6 Å². The molecule has 1 N–H and O–H groups in total. The van der Waals surface area contributed by atoms with Gasteiger partial charge in [-0.3, -0.25) is 4.79 Å².